The summed E-state index contributed by atoms with van der Waals surface area (Å²) < 4.78 is 4.59. The number of piperidine rings is 1. The first-order chi connectivity index (χ1) is 8.20. The highest BCUT2D eigenvalue weighted by molar-refractivity contribution is 5.88. The minimum Gasteiger partial charge on any atom is -0.465 e. The number of esters is 1. The lowest BCUT2D eigenvalue weighted by Crippen LogP contribution is -2.43. The van der Waals surface area contributed by atoms with E-state index in [-0.39, 0.29) is 6.04 Å². The molecular formula is C11H16N4O2. The molecule has 17 heavy (non-hydrogen) atoms. The summed E-state index contributed by atoms with van der Waals surface area (Å²) in [5, 5.41) is 0. The van der Waals surface area contributed by atoms with Crippen LogP contribution < -0.4 is 10.6 Å². The van der Waals surface area contributed by atoms with Crippen LogP contribution in [0.4, 0.5) is 5.95 Å². The van der Waals surface area contributed by atoms with Crippen molar-refractivity contribution < 1.29 is 9.53 Å². The Balaban J connectivity index is 2.09. The lowest BCUT2D eigenvalue weighted by Gasteiger charge is -2.30. The summed E-state index contributed by atoms with van der Waals surface area (Å²) in [5.41, 5.74) is 6.25. The number of hydrogen-bond donors (Lipinski definition) is 1. The van der Waals surface area contributed by atoms with Crippen molar-refractivity contribution in [3.63, 3.8) is 0 Å². The van der Waals surface area contributed by atoms with Crippen molar-refractivity contribution in [1.29, 1.82) is 0 Å². The lowest BCUT2D eigenvalue weighted by atomic mass is 10.1. The minimum atomic E-state index is -0.424. The summed E-state index contributed by atoms with van der Waals surface area (Å²) in [6, 6.07) is 0.174. The first kappa shape index (κ1) is 11.8. The zero-order valence-corrected chi connectivity index (χ0v) is 9.80. The van der Waals surface area contributed by atoms with Crippen molar-refractivity contribution >= 4 is 11.9 Å². The summed E-state index contributed by atoms with van der Waals surface area (Å²) in [6.07, 6.45) is 5.04. The second-order valence-corrected chi connectivity index (χ2v) is 4.11. The third-order valence-electron chi connectivity index (χ3n) is 2.80. The second kappa shape index (κ2) is 5.09. The third kappa shape index (κ3) is 2.71. The maximum absolute atomic E-state index is 11.2. The molecule has 0 bridgehead atoms. The van der Waals surface area contributed by atoms with Crippen LogP contribution in [-0.2, 0) is 4.74 Å². The summed E-state index contributed by atoms with van der Waals surface area (Å²) >= 11 is 0. The summed E-state index contributed by atoms with van der Waals surface area (Å²) in [5.74, 6) is 0.194. The van der Waals surface area contributed by atoms with Gasteiger partial charge in [-0.15, -0.1) is 0 Å². The Kier molecular flexibility index (Phi) is 3.53. The Bertz CT molecular complexity index is 393. The molecule has 2 rings (SSSR count). The Hall–Kier alpha value is -1.69. The quantitative estimate of drug-likeness (QED) is 0.738. The lowest BCUT2D eigenvalue weighted by molar-refractivity contribution is 0.0600. The van der Waals surface area contributed by atoms with Crippen LogP contribution in [0, 0.1) is 0 Å². The fourth-order valence-corrected chi connectivity index (χ4v) is 1.90. The summed E-state index contributed by atoms with van der Waals surface area (Å²) in [6.45, 7) is 1.67. The van der Waals surface area contributed by atoms with E-state index < -0.39 is 5.97 Å². The number of carbonyl (C=O) groups excluding carboxylic acids is 1. The minimum absolute atomic E-state index is 0.174. The molecule has 2 N–H and O–H groups in total. The van der Waals surface area contributed by atoms with E-state index in [1.54, 1.807) is 0 Å². The van der Waals surface area contributed by atoms with Gasteiger partial charge >= 0.3 is 5.97 Å². The predicted molar refractivity (Wildman–Crippen MR) is 62.8 cm³/mol. The van der Waals surface area contributed by atoms with E-state index in [0.717, 1.165) is 25.9 Å². The highest BCUT2D eigenvalue weighted by Gasteiger charge is 2.19. The fraction of sp³-hybridized carbons (Fsp3) is 0.545. The Morgan fingerprint density at radius 2 is 2.24 bits per heavy atom. The molecule has 6 nitrogen and oxygen atoms in total. The molecule has 1 fully saturated rings. The molecule has 1 atom stereocenters. The normalized spacial score (nSPS) is 20.1. The molecule has 1 aliphatic rings. The van der Waals surface area contributed by atoms with Crippen molar-refractivity contribution in [1.82, 2.24) is 9.97 Å². The fourth-order valence-electron chi connectivity index (χ4n) is 1.90. The van der Waals surface area contributed by atoms with Crippen molar-refractivity contribution in [2.75, 3.05) is 25.1 Å². The Morgan fingerprint density at radius 3 is 2.82 bits per heavy atom. The standard InChI is InChI=1S/C11H16N4O2/c1-17-10(16)8-5-13-11(14-6-8)15-4-2-3-9(12)7-15/h5-6,9H,2-4,7,12H2,1H3/t9-/m0/s1. The zero-order chi connectivity index (χ0) is 12.3. The van der Waals surface area contributed by atoms with Gasteiger partial charge in [-0.2, -0.15) is 0 Å². The molecule has 2 heterocycles. The van der Waals surface area contributed by atoms with Crippen LogP contribution >= 0.6 is 0 Å². The number of carbonyl (C=O) groups is 1. The molecule has 0 amide bonds. The molecule has 1 aromatic rings. The first-order valence-electron chi connectivity index (χ1n) is 5.61. The van der Waals surface area contributed by atoms with E-state index in [9.17, 15) is 4.79 Å². The highest BCUT2D eigenvalue weighted by Crippen LogP contribution is 2.14. The van der Waals surface area contributed by atoms with E-state index in [1.807, 2.05) is 4.90 Å². The average Bonchev–Trinajstić information content (AvgIpc) is 2.38. The van der Waals surface area contributed by atoms with Gasteiger partial charge in [0.2, 0.25) is 5.95 Å². The molecular weight excluding hydrogens is 220 g/mol. The van der Waals surface area contributed by atoms with Gasteiger partial charge in [-0.1, -0.05) is 0 Å². The molecule has 0 spiro atoms. The SMILES string of the molecule is COC(=O)c1cnc(N2CCC[C@H](N)C2)nc1. The number of methoxy groups -OCH3 is 1. The summed E-state index contributed by atoms with van der Waals surface area (Å²) in [7, 11) is 1.33. The number of ether oxygens (including phenoxy) is 1. The molecule has 1 saturated heterocycles. The van der Waals surface area contributed by atoms with Gasteiger partial charge in [0.05, 0.1) is 12.7 Å². The van der Waals surface area contributed by atoms with Crippen LogP contribution in [0.15, 0.2) is 12.4 Å². The molecule has 6 heteroatoms. The van der Waals surface area contributed by atoms with E-state index in [2.05, 4.69) is 14.7 Å². The Morgan fingerprint density at radius 1 is 1.53 bits per heavy atom. The first-order valence-corrected chi connectivity index (χ1v) is 5.61. The number of anilines is 1. The Labute approximate surface area is 99.8 Å². The number of hydrogen-bond acceptors (Lipinski definition) is 6. The van der Waals surface area contributed by atoms with Gasteiger partial charge in [0.1, 0.15) is 0 Å². The van der Waals surface area contributed by atoms with E-state index in [0.29, 0.717) is 11.5 Å². The van der Waals surface area contributed by atoms with Crippen molar-refractivity contribution in [3.8, 4) is 0 Å². The maximum Gasteiger partial charge on any atom is 0.341 e. The summed E-state index contributed by atoms with van der Waals surface area (Å²) in [4.78, 5) is 21.6. The predicted octanol–water partition coefficient (Wildman–Crippen LogP) is 0.191. The van der Waals surface area contributed by atoms with Gasteiger partial charge in [-0.25, -0.2) is 14.8 Å². The number of rotatable bonds is 2. The van der Waals surface area contributed by atoms with Crippen LogP contribution in [0.25, 0.3) is 0 Å². The van der Waals surface area contributed by atoms with Crippen molar-refractivity contribution in [2.45, 2.75) is 18.9 Å². The van der Waals surface area contributed by atoms with Crippen LogP contribution in [0.2, 0.25) is 0 Å². The molecule has 0 aromatic carbocycles. The number of nitrogens with zero attached hydrogens (tertiary/aromatic N) is 3. The van der Waals surface area contributed by atoms with Crippen LogP contribution in [0.3, 0.4) is 0 Å². The van der Waals surface area contributed by atoms with Gasteiger partial charge < -0.3 is 15.4 Å². The largest absolute Gasteiger partial charge is 0.465 e. The topological polar surface area (TPSA) is 81.3 Å². The van der Waals surface area contributed by atoms with Gasteiger partial charge in [0.15, 0.2) is 0 Å². The zero-order valence-electron chi connectivity index (χ0n) is 9.80. The molecule has 0 saturated carbocycles. The van der Waals surface area contributed by atoms with Gasteiger partial charge in [0, 0.05) is 31.5 Å². The molecule has 92 valence electrons. The molecule has 0 aliphatic carbocycles. The molecule has 0 unspecified atom stereocenters. The number of nitrogens with two attached hydrogens (primary N) is 1. The molecule has 1 aromatic heterocycles. The van der Waals surface area contributed by atoms with E-state index in [4.69, 9.17) is 5.73 Å². The third-order valence-corrected chi connectivity index (χ3v) is 2.80. The molecule has 1 aliphatic heterocycles. The van der Waals surface area contributed by atoms with Crippen molar-refractivity contribution in [3.05, 3.63) is 18.0 Å². The van der Waals surface area contributed by atoms with E-state index >= 15 is 0 Å². The van der Waals surface area contributed by atoms with Crippen LogP contribution in [0.5, 0.6) is 0 Å². The highest BCUT2D eigenvalue weighted by atomic mass is 16.5. The number of aromatic nitrogens is 2. The molecule has 0 radical (unpaired) electrons. The maximum atomic E-state index is 11.2. The van der Waals surface area contributed by atoms with Gasteiger partial charge in [-0.3, -0.25) is 0 Å². The van der Waals surface area contributed by atoms with Gasteiger partial charge in [0.25, 0.3) is 0 Å². The van der Waals surface area contributed by atoms with Gasteiger partial charge in [-0.05, 0) is 12.8 Å². The van der Waals surface area contributed by atoms with Crippen LogP contribution in [-0.4, -0.2) is 42.2 Å². The van der Waals surface area contributed by atoms with E-state index in [1.165, 1.54) is 19.5 Å². The monoisotopic (exact) mass is 236 g/mol. The average molecular weight is 236 g/mol. The van der Waals surface area contributed by atoms with Crippen molar-refractivity contribution in [2.24, 2.45) is 5.73 Å². The second-order valence-electron chi connectivity index (χ2n) is 4.11. The van der Waals surface area contributed by atoms with Crippen LogP contribution in [0.1, 0.15) is 23.2 Å². The smallest absolute Gasteiger partial charge is 0.341 e.